The molecule has 0 aliphatic rings. The van der Waals surface area contributed by atoms with Crippen LogP contribution in [-0.4, -0.2) is 15.6 Å². The molecule has 1 aromatic heterocycles. The Kier molecular flexibility index (Phi) is 3.62. The summed E-state index contributed by atoms with van der Waals surface area (Å²) in [7, 11) is 0. The molecule has 0 amide bonds. The van der Waals surface area contributed by atoms with Crippen LogP contribution in [0.3, 0.4) is 0 Å². The van der Waals surface area contributed by atoms with Gasteiger partial charge in [-0.05, 0) is 30.5 Å². The molecule has 3 nitrogen and oxygen atoms in total. The Morgan fingerprint density at radius 2 is 2.17 bits per heavy atom. The molecule has 0 spiro atoms. The van der Waals surface area contributed by atoms with Crippen molar-refractivity contribution < 1.29 is 9.90 Å². The zero-order chi connectivity index (χ0) is 13.3. The number of aromatic carboxylic acids is 1. The largest absolute Gasteiger partial charge is 0.477 e. The van der Waals surface area contributed by atoms with Crippen LogP contribution in [0.15, 0.2) is 24.3 Å². The first kappa shape index (κ1) is 13.0. The van der Waals surface area contributed by atoms with Crippen molar-refractivity contribution in [2.24, 2.45) is 5.92 Å². The van der Waals surface area contributed by atoms with Crippen LogP contribution in [0, 0.1) is 5.92 Å². The van der Waals surface area contributed by atoms with E-state index in [1.54, 1.807) is 12.1 Å². The van der Waals surface area contributed by atoms with Gasteiger partial charge in [-0.3, -0.25) is 0 Å². The van der Waals surface area contributed by atoms with Crippen molar-refractivity contribution in [2.75, 3.05) is 0 Å². The van der Waals surface area contributed by atoms with Gasteiger partial charge in [0.15, 0.2) is 0 Å². The molecule has 0 bridgehead atoms. The fourth-order valence-electron chi connectivity index (χ4n) is 2.05. The lowest BCUT2D eigenvalue weighted by Gasteiger charge is -2.10. The van der Waals surface area contributed by atoms with Crippen LogP contribution in [0.2, 0.25) is 5.02 Å². The number of aromatic nitrogens is 1. The Morgan fingerprint density at radius 3 is 2.78 bits per heavy atom. The standard InChI is InChI=1S/C14H16ClNO2/c1-9(2)6-7-16-12-5-3-4-11(15)10(12)8-13(16)14(17)18/h3-5,8-9H,6-7H2,1-2H3,(H,17,18). The third-order valence-electron chi connectivity index (χ3n) is 3.04. The minimum Gasteiger partial charge on any atom is -0.477 e. The molecule has 4 heteroatoms. The molecular weight excluding hydrogens is 250 g/mol. The van der Waals surface area contributed by atoms with Gasteiger partial charge in [-0.25, -0.2) is 4.79 Å². The minimum absolute atomic E-state index is 0.304. The van der Waals surface area contributed by atoms with E-state index in [9.17, 15) is 9.90 Å². The lowest BCUT2D eigenvalue weighted by Crippen LogP contribution is -2.09. The summed E-state index contributed by atoms with van der Waals surface area (Å²) in [5, 5.41) is 10.7. The molecule has 0 atom stereocenters. The molecule has 0 unspecified atom stereocenters. The average Bonchev–Trinajstić information content (AvgIpc) is 2.66. The van der Waals surface area contributed by atoms with E-state index in [1.807, 2.05) is 16.7 Å². The molecule has 0 saturated heterocycles. The molecule has 1 aromatic carbocycles. The van der Waals surface area contributed by atoms with Crippen LogP contribution in [0.5, 0.6) is 0 Å². The van der Waals surface area contributed by atoms with Gasteiger partial charge in [0.05, 0.1) is 5.52 Å². The monoisotopic (exact) mass is 265 g/mol. The fourth-order valence-corrected chi connectivity index (χ4v) is 2.28. The molecule has 0 aliphatic carbocycles. The molecule has 0 fully saturated rings. The van der Waals surface area contributed by atoms with Gasteiger partial charge in [-0.2, -0.15) is 0 Å². The van der Waals surface area contributed by atoms with E-state index in [0.717, 1.165) is 17.3 Å². The molecule has 0 aliphatic heterocycles. The molecule has 0 radical (unpaired) electrons. The Hall–Kier alpha value is -1.48. The number of nitrogens with zero attached hydrogens (tertiary/aromatic N) is 1. The summed E-state index contributed by atoms with van der Waals surface area (Å²) in [6.45, 7) is 4.95. The molecule has 96 valence electrons. The molecule has 0 saturated carbocycles. The van der Waals surface area contributed by atoms with Gasteiger partial charge >= 0.3 is 5.97 Å². The Balaban J connectivity index is 2.56. The Bertz CT molecular complexity index is 587. The smallest absolute Gasteiger partial charge is 0.352 e. The molecule has 2 rings (SSSR count). The minimum atomic E-state index is -0.911. The molecular formula is C14H16ClNO2. The van der Waals surface area contributed by atoms with Crippen LogP contribution >= 0.6 is 11.6 Å². The molecule has 2 aromatic rings. The van der Waals surface area contributed by atoms with E-state index >= 15 is 0 Å². The highest BCUT2D eigenvalue weighted by molar-refractivity contribution is 6.35. The van der Waals surface area contributed by atoms with Crippen LogP contribution in [-0.2, 0) is 6.54 Å². The number of rotatable bonds is 4. The van der Waals surface area contributed by atoms with Gasteiger partial charge in [0.2, 0.25) is 0 Å². The zero-order valence-corrected chi connectivity index (χ0v) is 11.2. The number of carbonyl (C=O) groups is 1. The number of carboxylic acid groups (broad SMARTS) is 1. The van der Waals surface area contributed by atoms with Crippen LogP contribution in [0.25, 0.3) is 10.9 Å². The number of fused-ring (bicyclic) bond motifs is 1. The summed E-state index contributed by atoms with van der Waals surface area (Å²) in [6.07, 6.45) is 0.941. The second-order valence-corrected chi connectivity index (χ2v) is 5.25. The summed E-state index contributed by atoms with van der Waals surface area (Å²) >= 11 is 6.10. The SMILES string of the molecule is CC(C)CCn1c(C(=O)O)cc2c(Cl)cccc21. The highest BCUT2D eigenvalue weighted by Crippen LogP contribution is 2.27. The van der Waals surface area contributed by atoms with E-state index < -0.39 is 5.97 Å². The third kappa shape index (κ3) is 2.36. The summed E-state index contributed by atoms with van der Waals surface area (Å²) in [4.78, 5) is 11.3. The second kappa shape index (κ2) is 5.02. The van der Waals surface area contributed by atoms with Crippen molar-refractivity contribution in [3.8, 4) is 0 Å². The normalized spacial score (nSPS) is 11.3. The van der Waals surface area contributed by atoms with Crippen LogP contribution < -0.4 is 0 Å². The Labute approximate surface area is 111 Å². The number of halogens is 1. The van der Waals surface area contributed by atoms with Gasteiger partial charge in [0.25, 0.3) is 0 Å². The number of hydrogen-bond acceptors (Lipinski definition) is 1. The topological polar surface area (TPSA) is 42.2 Å². The van der Waals surface area contributed by atoms with E-state index in [1.165, 1.54) is 0 Å². The lowest BCUT2D eigenvalue weighted by atomic mass is 10.1. The predicted molar refractivity (Wildman–Crippen MR) is 73.4 cm³/mol. The highest BCUT2D eigenvalue weighted by Gasteiger charge is 2.16. The summed E-state index contributed by atoms with van der Waals surface area (Å²) < 4.78 is 1.84. The van der Waals surface area contributed by atoms with Crippen molar-refractivity contribution in [1.82, 2.24) is 4.57 Å². The van der Waals surface area contributed by atoms with Gasteiger partial charge in [0.1, 0.15) is 5.69 Å². The molecule has 1 heterocycles. The van der Waals surface area contributed by atoms with E-state index in [4.69, 9.17) is 11.6 Å². The molecule has 1 N–H and O–H groups in total. The third-order valence-corrected chi connectivity index (χ3v) is 3.37. The van der Waals surface area contributed by atoms with Crippen molar-refractivity contribution in [3.05, 3.63) is 35.0 Å². The van der Waals surface area contributed by atoms with Gasteiger partial charge in [-0.1, -0.05) is 31.5 Å². The maximum atomic E-state index is 11.3. The van der Waals surface area contributed by atoms with E-state index in [-0.39, 0.29) is 0 Å². The van der Waals surface area contributed by atoms with Gasteiger partial charge in [-0.15, -0.1) is 0 Å². The second-order valence-electron chi connectivity index (χ2n) is 4.84. The summed E-state index contributed by atoms with van der Waals surface area (Å²) in [6, 6.07) is 7.19. The van der Waals surface area contributed by atoms with Crippen LogP contribution in [0.1, 0.15) is 30.8 Å². The number of benzene rings is 1. The van der Waals surface area contributed by atoms with Crippen molar-refractivity contribution in [1.29, 1.82) is 0 Å². The number of hydrogen-bond donors (Lipinski definition) is 1. The maximum Gasteiger partial charge on any atom is 0.352 e. The predicted octanol–water partition coefficient (Wildman–Crippen LogP) is 4.04. The van der Waals surface area contributed by atoms with Gasteiger partial charge in [0, 0.05) is 17.0 Å². The van der Waals surface area contributed by atoms with Crippen LogP contribution in [0.4, 0.5) is 0 Å². The Morgan fingerprint density at radius 1 is 1.44 bits per heavy atom. The van der Waals surface area contributed by atoms with Crippen molar-refractivity contribution >= 4 is 28.5 Å². The van der Waals surface area contributed by atoms with E-state index in [2.05, 4.69) is 13.8 Å². The first-order chi connectivity index (χ1) is 8.50. The fraction of sp³-hybridized carbons (Fsp3) is 0.357. The summed E-state index contributed by atoms with van der Waals surface area (Å²) in [5.74, 6) is -0.380. The van der Waals surface area contributed by atoms with Crippen molar-refractivity contribution in [3.63, 3.8) is 0 Å². The maximum absolute atomic E-state index is 11.3. The lowest BCUT2D eigenvalue weighted by molar-refractivity contribution is 0.0685. The average molecular weight is 266 g/mol. The number of carboxylic acids is 1. The van der Waals surface area contributed by atoms with Gasteiger partial charge < -0.3 is 9.67 Å². The highest BCUT2D eigenvalue weighted by atomic mass is 35.5. The summed E-state index contributed by atoms with van der Waals surface area (Å²) in [5.41, 5.74) is 1.19. The van der Waals surface area contributed by atoms with Crippen molar-refractivity contribution in [2.45, 2.75) is 26.8 Å². The zero-order valence-electron chi connectivity index (χ0n) is 10.5. The first-order valence-electron chi connectivity index (χ1n) is 6.01. The molecule has 18 heavy (non-hydrogen) atoms. The number of aryl methyl sites for hydroxylation is 1. The quantitative estimate of drug-likeness (QED) is 0.907. The van der Waals surface area contributed by atoms with E-state index in [0.29, 0.717) is 23.2 Å². The first-order valence-corrected chi connectivity index (χ1v) is 6.39.